The first-order chi connectivity index (χ1) is 8.13. The molecule has 17 heavy (non-hydrogen) atoms. The fourth-order valence-corrected chi connectivity index (χ4v) is 2.78. The minimum absolute atomic E-state index is 0.533. The van der Waals surface area contributed by atoms with Crippen LogP contribution in [0.2, 0.25) is 0 Å². The van der Waals surface area contributed by atoms with Crippen LogP contribution in [0.3, 0.4) is 0 Å². The third kappa shape index (κ3) is 2.72. The predicted octanol–water partition coefficient (Wildman–Crippen LogP) is 2.10. The van der Waals surface area contributed by atoms with Gasteiger partial charge in [-0.1, -0.05) is 6.92 Å². The number of ether oxygens (including phenoxy) is 1. The predicted molar refractivity (Wildman–Crippen MR) is 71.0 cm³/mol. The van der Waals surface area contributed by atoms with Crippen molar-refractivity contribution < 1.29 is 4.74 Å². The molecular formula is C12H20BrN3O. The molecule has 1 saturated heterocycles. The van der Waals surface area contributed by atoms with Crippen molar-refractivity contribution in [1.82, 2.24) is 14.7 Å². The van der Waals surface area contributed by atoms with Crippen LogP contribution in [-0.2, 0) is 18.3 Å². The Morgan fingerprint density at radius 3 is 2.88 bits per heavy atom. The van der Waals surface area contributed by atoms with Gasteiger partial charge in [-0.2, -0.15) is 5.10 Å². The second kappa shape index (κ2) is 5.50. The highest BCUT2D eigenvalue weighted by molar-refractivity contribution is 9.10. The van der Waals surface area contributed by atoms with E-state index in [4.69, 9.17) is 4.74 Å². The summed E-state index contributed by atoms with van der Waals surface area (Å²) < 4.78 is 8.64. The highest BCUT2D eigenvalue weighted by atomic mass is 79.9. The molecule has 0 aliphatic carbocycles. The molecule has 0 amide bonds. The summed E-state index contributed by atoms with van der Waals surface area (Å²) in [6.45, 7) is 7.89. The molecule has 0 aromatic carbocycles. The van der Waals surface area contributed by atoms with E-state index >= 15 is 0 Å². The number of aromatic nitrogens is 2. The van der Waals surface area contributed by atoms with Gasteiger partial charge in [0, 0.05) is 26.2 Å². The summed E-state index contributed by atoms with van der Waals surface area (Å²) in [5.74, 6) is 0. The Labute approximate surface area is 111 Å². The summed E-state index contributed by atoms with van der Waals surface area (Å²) in [4.78, 5) is 2.49. The van der Waals surface area contributed by atoms with Gasteiger partial charge in [-0.3, -0.25) is 9.58 Å². The molecule has 1 aliphatic rings. The Hall–Kier alpha value is -0.390. The summed E-state index contributed by atoms with van der Waals surface area (Å²) >= 11 is 3.63. The average Bonchev–Trinajstić information content (AvgIpc) is 2.57. The van der Waals surface area contributed by atoms with Crippen molar-refractivity contribution in [2.75, 3.05) is 19.8 Å². The lowest BCUT2D eigenvalue weighted by atomic mass is 10.1. The molecule has 0 radical (unpaired) electrons. The highest BCUT2D eigenvalue weighted by Gasteiger charge is 2.23. The summed E-state index contributed by atoms with van der Waals surface area (Å²) in [5, 5.41) is 4.44. The maximum absolute atomic E-state index is 5.53. The van der Waals surface area contributed by atoms with Gasteiger partial charge in [-0.05, 0) is 29.3 Å². The van der Waals surface area contributed by atoms with Crippen LogP contribution >= 0.6 is 15.9 Å². The summed E-state index contributed by atoms with van der Waals surface area (Å²) in [6.07, 6.45) is 1.13. The molecule has 0 bridgehead atoms. The summed E-state index contributed by atoms with van der Waals surface area (Å²) in [6, 6.07) is 0.533. The van der Waals surface area contributed by atoms with Crippen molar-refractivity contribution in [2.24, 2.45) is 7.05 Å². The van der Waals surface area contributed by atoms with Crippen molar-refractivity contribution in [3.63, 3.8) is 0 Å². The summed E-state index contributed by atoms with van der Waals surface area (Å²) in [7, 11) is 2.01. The maximum Gasteiger partial charge on any atom is 0.0739 e. The monoisotopic (exact) mass is 301 g/mol. The van der Waals surface area contributed by atoms with Crippen LogP contribution in [0.1, 0.15) is 24.7 Å². The van der Waals surface area contributed by atoms with E-state index in [0.717, 1.165) is 42.9 Å². The van der Waals surface area contributed by atoms with Gasteiger partial charge in [-0.25, -0.2) is 0 Å². The normalized spacial score (nSPS) is 22.0. The maximum atomic E-state index is 5.53. The second-order valence-electron chi connectivity index (χ2n) is 4.58. The van der Waals surface area contributed by atoms with E-state index in [1.807, 2.05) is 18.7 Å². The van der Waals surface area contributed by atoms with Crippen LogP contribution in [0.25, 0.3) is 0 Å². The Balaban J connectivity index is 2.13. The molecule has 0 saturated carbocycles. The van der Waals surface area contributed by atoms with Crippen LogP contribution in [0, 0.1) is 6.92 Å². The first kappa shape index (κ1) is 13.1. The SMILES string of the molecule is CCC1COCCN1Cc1c(Br)c(C)nn1C. The molecule has 1 aromatic heterocycles. The lowest BCUT2D eigenvalue weighted by molar-refractivity contribution is -0.0138. The largest absolute Gasteiger partial charge is 0.378 e. The van der Waals surface area contributed by atoms with E-state index in [1.165, 1.54) is 5.69 Å². The Morgan fingerprint density at radius 2 is 2.29 bits per heavy atom. The Kier molecular flexibility index (Phi) is 4.22. The van der Waals surface area contributed by atoms with Crippen LogP contribution in [0.15, 0.2) is 4.47 Å². The molecule has 4 nitrogen and oxygen atoms in total. The average molecular weight is 302 g/mol. The van der Waals surface area contributed by atoms with Gasteiger partial charge in [-0.15, -0.1) is 0 Å². The molecule has 0 N–H and O–H groups in total. The number of nitrogens with zero attached hydrogens (tertiary/aromatic N) is 3. The molecule has 1 aliphatic heterocycles. The van der Waals surface area contributed by atoms with Gasteiger partial charge in [0.05, 0.1) is 29.1 Å². The Morgan fingerprint density at radius 1 is 1.53 bits per heavy atom. The van der Waals surface area contributed by atoms with Gasteiger partial charge >= 0.3 is 0 Å². The lowest BCUT2D eigenvalue weighted by Crippen LogP contribution is -2.44. The van der Waals surface area contributed by atoms with E-state index in [-0.39, 0.29) is 0 Å². The smallest absolute Gasteiger partial charge is 0.0739 e. The molecule has 2 rings (SSSR count). The van der Waals surface area contributed by atoms with Crippen LogP contribution < -0.4 is 0 Å². The topological polar surface area (TPSA) is 30.3 Å². The number of aryl methyl sites for hydroxylation is 2. The quantitative estimate of drug-likeness (QED) is 0.856. The zero-order chi connectivity index (χ0) is 12.4. The van der Waals surface area contributed by atoms with E-state index in [0.29, 0.717) is 6.04 Å². The van der Waals surface area contributed by atoms with E-state index in [2.05, 4.69) is 32.9 Å². The minimum atomic E-state index is 0.533. The van der Waals surface area contributed by atoms with Gasteiger partial charge in [0.25, 0.3) is 0 Å². The van der Waals surface area contributed by atoms with Crippen molar-refractivity contribution in [1.29, 1.82) is 0 Å². The zero-order valence-electron chi connectivity index (χ0n) is 10.7. The molecule has 2 heterocycles. The summed E-state index contributed by atoms with van der Waals surface area (Å²) in [5.41, 5.74) is 2.31. The first-order valence-electron chi connectivity index (χ1n) is 6.13. The fraction of sp³-hybridized carbons (Fsp3) is 0.750. The lowest BCUT2D eigenvalue weighted by Gasteiger charge is -2.35. The van der Waals surface area contributed by atoms with Crippen LogP contribution in [-0.4, -0.2) is 40.5 Å². The fourth-order valence-electron chi connectivity index (χ4n) is 2.32. The van der Waals surface area contributed by atoms with Crippen molar-refractivity contribution in [3.05, 3.63) is 15.9 Å². The number of morpholine rings is 1. The highest BCUT2D eigenvalue weighted by Crippen LogP contribution is 2.23. The van der Waals surface area contributed by atoms with E-state index in [1.54, 1.807) is 0 Å². The molecule has 5 heteroatoms. The van der Waals surface area contributed by atoms with Gasteiger partial charge in [0.15, 0.2) is 0 Å². The number of hydrogen-bond donors (Lipinski definition) is 0. The van der Waals surface area contributed by atoms with Crippen LogP contribution in [0.4, 0.5) is 0 Å². The number of rotatable bonds is 3. The van der Waals surface area contributed by atoms with E-state index in [9.17, 15) is 0 Å². The third-order valence-electron chi connectivity index (χ3n) is 3.44. The van der Waals surface area contributed by atoms with Gasteiger partial charge in [0.1, 0.15) is 0 Å². The molecule has 1 atom stereocenters. The third-order valence-corrected chi connectivity index (χ3v) is 4.47. The molecule has 0 spiro atoms. The number of hydrogen-bond acceptors (Lipinski definition) is 3. The molecule has 1 aromatic rings. The van der Waals surface area contributed by atoms with Crippen molar-refractivity contribution in [2.45, 2.75) is 32.9 Å². The molecule has 1 fully saturated rings. The van der Waals surface area contributed by atoms with Crippen molar-refractivity contribution >= 4 is 15.9 Å². The standard InChI is InChI=1S/C12H20BrN3O/c1-4-10-8-17-6-5-16(10)7-11-12(13)9(2)14-15(11)3/h10H,4-8H2,1-3H3. The van der Waals surface area contributed by atoms with Gasteiger partial charge in [0.2, 0.25) is 0 Å². The number of halogens is 1. The zero-order valence-corrected chi connectivity index (χ0v) is 12.3. The molecular weight excluding hydrogens is 282 g/mol. The van der Waals surface area contributed by atoms with Crippen molar-refractivity contribution in [3.8, 4) is 0 Å². The van der Waals surface area contributed by atoms with E-state index < -0.39 is 0 Å². The first-order valence-corrected chi connectivity index (χ1v) is 6.92. The molecule has 1 unspecified atom stereocenters. The van der Waals surface area contributed by atoms with Gasteiger partial charge < -0.3 is 4.74 Å². The second-order valence-corrected chi connectivity index (χ2v) is 5.37. The Bertz CT molecular complexity index is 391. The minimum Gasteiger partial charge on any atom is -0.378 e. The van der Waals surface area contributed by atoms with Crippen LogP contribution in [0.5, 0.6) is 0 Å². The molecule has 96 valence electrons.